The lowest BCUT2D eigenvalue weighted by Gasteiger charge is -2.24. The number of benzene rings is 3. The Morgan fingerprint density at radius 1 is 0.971 bits per heavy atom. The van der Waals surface area contributed by atoms with Crippen LogP contribution in [-0.2, 0) is 17.8 Å². The van der Waals surface area contributed by atoms with Crippen molar-refractivity contribution in [3.8, 4) is 5.75 Å². The number of anilines is 2. The first-order chi connectivity index (χ1) is 17.0. The Morgan fingerprint density at radius 2 is 1.66 bits per heavy atom. The number of amides is 3. The lowest BCUT2D eigenvalue weighted by atomic mass is 10.1. The molecule has 1 aliphatic heterocycles. The van der Waals surface area contributed by atoms with E-state index in [1.165, 1.54) is 5.56 Å². The van der Waals surface area contributed by atoms with Gasteiger partial charge in [-0.05, 0) is 72.9 Å². The Balaban J connectivity index is 1.26. The maximum absolute atomic E-state index is 13.3. The van der Waals surface area contributed by atoms with Gasteiger partial charge in [0.15, 0.2) is 6.61 Å². The van der Waals surface area contributed by atoms with Crippen LogP contribution in [0.3, 0.4) is 0 Å². The highest BCUT2D eigenvalue weighted by Crippen LogP contribution is 2.33. The SMILES string of the molecule is CCc1ccc(NC(=O)c2ccc(CN(C(=O)c3ccc4c(c3)OCC(=O)N4)C3CC3)cc2)cc1. The minimum absolute atomic E-state index is 0.0546. The molecular formula is C28H27N3O4. The minimum atomic E-state index is -0.206. The molecule has 2 aliphatic rings. The van der Waals surface area contributed by atoms with E-state index in [0.29, 0.717) is 29.1 Å². The van der Waals surface area contributed by atoms with Crippen LogP contribution in [0.25, 0.3) is 0 Å². The van der Waals surface area contributed by atoms with Crippen molar-refractivity contribution >= 4 is 29.1 Å². The van der Waals surface area contributed by atoms with Gasteiger partial charge in [0.1, 0.15) is 5.75 Å². The third kappa shape index (κ3) is 5.19. The highest BCUT2D eigenvalue weighted by Gasteiger charge is 2.33. The van der Waals surface area contributed by atoms with E-state index in [9.17, 15) is 14.4 Å². The molecule has 3 aromatic carbocycles. The summed E-state index contributed by atoms with van der Waals surface area (Å²) in [5.74, 6) is 0.0545. The first-order valence-corrected chi connectivity index (χ1v) is 11.9. The third-order valence-corrected chi connectivity index (χ3v) is 6.30. The minimum Gasteiger partial charge on any atom is -0.482 e. The van der Waals surface area contributed by atoms with Crippen LogP contribution in [0.1, 0.15) is 51.6 Å². The van der Waals surface area contributed by atoms with Gasteiger partial charge < -0.3 is 20.3 Å². The number of hydrogen-bond acceptors (Lipinski definition) is 4. The normalized spacial score (nSPS) is 14.4. The number of hydrogen-bond donors (Lipinski definition) is 2. The molecule has 1 heterocycles. The number of nitrogens with zero attached hydrogens (tertiary/aromatic N) is 1. The van der Waals surface area contributed by atoms with Crippen molar-refractivity contribution in [2.45, 2.75) is 38.8 Å². The molecule has 1 fully saturated rings. The van der Waals surface area contributed by atoms with Crippen molar-refractivity contribution in [3.05, 3.63) is 89.0 Å². The van der Waals surface area contributed by atoms with E-state index >= 15 is 0 Å². The second-order valence-electron chi connectivity index (χ2n) is 8.91. The lowest BCUT2D eigenvalue weighted by molar-refractivity contribution is -0.118. The van der Waals surface area contributed by atoms with Crippen molar-refractivity contribution in [1.82, 2.24) is 4.90 Å². The molecule has 0 bridgehead atoms. The van der Waals surface area contributed by atoms with Crippen LogP contribution < -0.4 is 15.4 Å². The summed E-state index contributed by atoms with van der Waals surface area (Å²) in [5.41, 5.74) is 4.59. The van der Waals surface area contributed by atoms with E-state index in [2.05, 4.69) is 17.6 Å². The molecule has 5 rings (SSSR count). The zero-order valence-corrected chi connectivity index (χ0v) is 19.5. The monoisotopic (exact) mass is 469 g/mol. The molecule has 35 heavy (non-hydrogen) atoms. The molecule has 1 aliphatic carbocycles. The fraction of sp³-hybridized carbons (Fsp3) is 0.250. The Labute approximate surface area is 204 Å². The summed E-state index contributed by atoms with van der Waals surface area (Å²) < 4.78 is 5.47. The Morgan fingerprint density at radius 3 is 2.34 bits per heavy atom. The van der Waals surface area contributed by atoms with E-state index in [-0.39, 0.29) is 30.4 Å². The summed E-state index contributed by atoms with van der Waals surface area (Å²) >= 11 is 0. The summed E-state index contributed by atoms with van der Waals surface area (Å²) in [4.78, 5) is 39.3. The van der Waals surface area contributed by atoms with Gasteiger partial charge in [0.2, 0.25) is 0 Å². The average molecular weight is 470 g/mol. The van der Waals surface area contributed by atoms with Gasteiger partial charge in [0.25, 0.3) is 17.7 Å². The topological polar surface area (TPSA) is 87.7 Å². The number of ether oxygens (including phenoxy) is 1. The molecular weight excluding hydrogens is 442 g/mol. The quantitative estimate of drug-likeness (QED) is 0.528. The predicted octanol–water partition coefficient (Wildman–Crippen LogP) is 4.64. The maximum atomic E-state index is 13.3. The van der Waals surface area contributed by atoms with Crippen LogP contribution in [0.4, 0.5) is 11.4 Å². The van der Waals surface area contributed by atoms with Crippen molar-refractivity contribution in [3.63, 3.8) is 0 Å². The van der Waals surface area contributed by atoms with Crippen LogP contribution in [-0.4, -0.2) is 35.3 Å². The molecule has 1 saturated carbocycles. The fourth-order valence-corrected chi connectivity index (χ4v) is 4.11. The number of fused-ring (bicyclic) bond motifs is 1. The third-order valence-electron chi connectivity index (χ3n) is 6.30. The van der Waals surface area contributed by atoms with E-state index in [1.54, 1.807) is 30.3 Å². The van der Waals surface area contributed by atoms with E-state index in [0.717, 1.165) is 30.5 Å². The summed E-state index contributed by atoms with van der Waals surface area (Å²) in [7, 11) is 0. The molecule has 178 valence electrons. The summed E-state index contributed by atoms with van der Waals surface area (Å²) in [6.45, 7) is 2.49. The van der Waals surface area contributed by atoms with Gasteiger partial charge in [-0.15, -0.1) is 0 Å². The molecule has 0 aromatic heterocycles. The highest BCUT2D eigenvalue weighted by molar-refractivity contribution is 6.04. The fourth-order valence-electron chi connectivity index (χ4n) is 4.11. The predicted molar refractivity (Wildman–Crippen MR) is 134 cm³/mol. The second-order valence-corrected chi connectivity index (χ2v) is 8.91. The van der Waals surface area contributed by atoms with Crippen LogP contribution in [0.15, 0.2) is 66.7 Å². The Hall–Kier alpha value is -4.13. The Kier molecular flexibility index (Phi) is 6.23. The molecule has 3 aromatic rings. The number of carbonyl (C=O) groups is 3. The van der Waals surface area contributed by atoms with Gasteiger partial charge in [-0.2, -0.15) is 0 Å². The molecule has 7 heteroatoms. The van der Waals surface area contributed by atoms with Gasteiger partial charge in [-0.1, -0.05) is 31.2 Å². The summed E-state index contributed by atoms with van der Waals surface area (Å²) in [5, 5.41) is 5.67. The van der Waals surface area contributed by atoms with Crippen molar-refractivity contribution in [2.24, 2.45) is 0 Å². The zero-order chi connectivity index (χ0) is 24.4. The van der Waals surface area contributed by atoms with Gasteiger partial charge in [0.05, 0.1) is 5.69 Å². The average Bonchev–Trinajstić information content (AvgIpc) is 3.73. The first kappa shape index (κ1) is 22.7. The molecule has 0 unspecified atom stereocenters. The second kappa shape index (κ2) is 9.62. The molecule has 0 atom stereocenters. The van der Waals surface area contributed by atoms with Gasteiger partial charge in [-0.3, -0.25) is 14.4 Å². The number of carbonyl (C=O) groups excluding carboxylic acids is 3. The van der Waals surface area contributed by atoms with Crippen LogP contribution in [0.2, 0.25) is 0 Å². The molecule has 2 N–H and O–H groups in total. The van der Waals surface area contributed by atoms with Crippen molar-refractivity contribution in [2.75, 3.05) is 17.2 Å². The molecule has 7 nitrogen and oxygen atoms in total. The standard InChI is InChI=1S/C28H27N3O4/c1-2-18-5-10-22(11-6-18)29-27(33)20-7-3-19(4-8-20)16-31(23-12-13-23)28(34)21-9-14-24-25(15-21)35-17-26(32)30-24/h3-11,14-15,23H,2,12-13,16-17H2,1H3,(H,29,33)(H,30,32). The van der Waals surface area contributed by atoms with Gasteiger partial charge in [0, 0.05) is 29.4 Å². The van der Waals surface area contributed by atoms with Crippen LogP contribution in [0.5, 0.6) is 5.75 Å². The highest BCUT2D eigenvalue weighted by atomic mass is 16.5. The molecule has 3 amide bonds. The number of rotatable bonds is 7. The van der Waals surface area contributed by atoms with E-state index in [4.69, 9.17) is 4.74 Å². The van der Waals surface area contributed by atoms with Crippen molar-refractivity contribution < 1.29 is 19.1 Å². The molecule has 0 spiro atoms. The first-order valence-electron chi connectivity index (χ1n) is 11.9. The van der Waals surface area contributed by atoms with Crippen LogP contribution in [0, 0.1) is 0 Å². The Bertz CT molecular complexity index is 1260. The summed E-state index contributed by atoms with van der Waals surface area (Å²) in [6, 6.07) is 20.5. The van der Waals surface area contributed by atoms with Gasteiger partial charge in [-0.25, -0.2) is 0 Å². The zero-order valence-electron chi connectivity index (χ0n) is 19.5. The number of nitrogens with one attached hydrogen (secondary N) is 2. The van der Waals surface area contributed by atoms with E-state index < -0.39 is 0 Å². The largest absolute Gasteiger partial charge is 0.482 e. The number of aryl methyl sites for hydroxylation is 1. The summed E-state index contributed by atoms with van der Waals surface area (Å²) in [6.07, 6.45) is 2.90. The smallest absolute Gasteiger partial charge is 0.262 e. The molecule has 0 saturated heterocycles. The van der Waals surface area contributed by atoms with Gasteiger partial charge >= 0.3 is 0 Å². The van der Waals surface area contributed by atoms with E-state index in [1.807, 2.05) is 41.3 Å². The maximum Gasteiger partial charge on any atom is 0.262 e. The van der Waals surface area contributed by atoms with Crippen molar-refractivity contribution in [1.29, 1.82) is 0 Å². The van der Waals surface area contributed by atoms with Crippen LogP contribution >= 0.6 is 0 Å². The molecule has 0 radical (unpaired) electrons. The lowest BCUT2D eigenvalue weighted by Crippen LogP contribution is -2.33.